The molecule has 0 bridgehead atoms. The number of nitrogens with two attached hydrogens (primary N) is 1. The normalized spacial score (nSPS) is 17.8. The quantitative estimate of drug-likeness (QED) is 0.850. The predicted octanol–water partition coefficient (Wildman–Crippen LogP) is 3.70. The van der Waals surface area contributed by atoms with Crippen molar-refractivity contribution in [3.05, 3.63) is 34.6 Å². The summed E-state index contributed by atoms with van der Waals surface area (Å²) in [4.78, 5) is 0. The molecule has 1 aliphatic carbocycles. The molecule has 0 unspecified atom stereocenters. The number of benzene rings is 1. The van der Waals surface area contributed by atoms with Crippen molar-refractivity contribution < 1.29 is 4.39 Å². The van der Waals surface area contributed by atoms with Crippen LogP contribution in [0, 0.1) is 11.7 Å². The minimum atomic E-state index is -0.303. The van der Waals surface area contributed by atoms with Crippen LogP contribution < -0.4 is 5.73 Å². The summed E-state index contributed by atoms with van der Waals surface area (Å²) < 4.78 is 13.0. The van der Waals surface area contributed by atoms with Crippen LogP contribution in [0.3, 0.4) is 0 Å². The van der Waals surface area contributed by atoms with Gasteiger partial charge in [0.05, 0.1) is 0 Å². The fourth-order valence-electron chi connectivity index (χ4n) is 1.84. The molecular weight excluding hydrogens is 236 g/mol. The van der Waals surface area contributed by atoms with Crippen molar-refractivity contribution in [1.29, 1.82) is 0 Å². The van der Waals surface area contributed by atoms with Gasteiger partial charge < -0.3 is 5.73 Å². The van der Waals surface area contributed by atoms with Crippen molar-refractivity contribution in [1.82, 2.24) is 0 Å². The maximum absolute atomic E-state index is 13.0. The molecule has 15 heavy (non-hydrogen) atoms. The third-order valence-corrected chi connectivity index (χ3v) is 3.15. The van der Waals surface area contributed by atoms with Gasteiger partial charge in [-0.25, -0.2) is 4.39 Å². The fourth-order valence-corrected chi connectivity index (χ4v) is 2.07. The summed E-state index contributed by atoms with van der Waals surface area (Å²) in [6.45, 7) is 0. The average molecular weight is 250 g/mol. The van der Waals surface area contributed by atoms with Gasteiger partial charge in [0.2, 0.25) is 0 Å². The summed E-state index contributed by atoms with van der Waals surface area (Å²) in [5, 5.41) is 0.426. The maximum Gasteiger partial charge on any atom is 0.125 e. The van der Waals surface area contributed by atoms with E-state index in [4.69, 9.17) is 17.3 Å². The van der Waals surface area contributed by atoms with E-state index in [0.29, 0.717) is 10.9 Å². The van der Waals surface area contributed by atoms with Crippen LogP contribution in [0.1, 0.15) is 30.9 Å². The Morgan fingerprint density at radius 1 is 1.33 bits per heavy atom. The van der Waals surface area contributed by atoms with Gasteiger partial charge in [0.15, 0.2) is 0 Å². The number of hydrogen-bond donors (Lipinski definition) is 1. The standard InChI is InChI=1S/C11H13ClFN.ClH/c12-9-4-8(5-10(13)6-9)11(14)7-2-1-3-7;/h4-7,11H,1-3,14H2;1H/t11-;/m1./s1. The Hall–Kier alpha value is -0.310. The topological polar surface area (TPSA) is 26.0 Å². The monoisotopic (exact) mass is 249 g/mol. The molecular formula is C11H14Cl2FN. The van der Waals surface area contributed by atoms with Gasteiger partial charge in [0.1, 0.15) is 5.82 Å². The highest BCUT2D eigenvalue weighted by Crippen LogP contribution is 2.36. The van der Waals surface area contributed by atoms with Crippen LogP contribution in [0.5, 0.6) is 0 Å². The molecule has 0 aliphatic heterocycles. The van der Waals surface area contributed by atoms with E-state index in [0.717, 1.165) is 18.4 Å². The molecule has 0 heterocycles. The van der Waals surface area contributed by atoms with E-state index in [9.17, 15) is 4.39 Å². The van der Waals surface area contributed by atoms with Gasteiger partial charge in [0, 0.05) is 11.1 Å². The smallest absolute Gasteiger partial charge is 0.125 e. The Bertz CT molecular complexity index is 319. The molecule has 0 amide bonds. The summed E-state index contributed by atoms with van der Waals surface area (Å²) in [7, 11) is 0. The van der Waals surface area contributed by atoms with Crippen LogP contribution >= 0.6 is 24.0 Å². The van der Waals surface area contributed by atoms with Crippen molar-refractivity contribution in [3.63, 3.8) is 0 Å². The zero-order chi connectivity index (χ0) is 10.1. The molecule has 1 saturated carbocycles. The van der Waals surface area contributed by atoms with Gasteiger partial charge in [-0.1, -0.05) is 18.0 Å². The van der Waals surface area contributed by atoms with Crippen LogP contribution in [-0.2, 0) is 0 Å². The number of rotatable bonds is 2. The largest absolute Gasteiger partial charge is 0.324 e. The van der Waals surface area contributed by atoms with Gasteiger partial charge in [-0.3, -0.25) is 0 Å². The van der Waals surface area contributed by atoms with Gasteiger partial charge in [-0.2, -0.15) is 0 Å². The maximum atomic E-state index is 13.0. The van der Waals surface area contributed by atoms with Crippen molar-refractivity contribution in [2.75, 3.05) is 0 Å². The summed E-state index contributed by atoms with van der Waals surface area (Å²) in [5.41, 5.74) is 6.83. The molecule has 1 fully saturated rings. The number of halogens is 3. The van der Waals surface area contributed by atoms with Crippen molar-refractivity contribution in [2.45, 2.75) is 25.3 Å². The zero-order valence-electron chi connectivity index (χ0n) is 8.25. The van der Waals surface area contributed by atoms with E-state index in [1.165, 1.54) is 18.6 Å². The van der Waals surface area contributed by atoms with Crippen LogP contribution in [0.2, 0.25) is 5.02 Å². The van der Waals surface area contributed by atoms with Crippen LogP contribution in [0.25, 0.3) is 0 Å². The first-order valence-electron chi connectivity index (χ1n) is 4.88. The van der Waals surface area contributed by atoms with Gasteiger partial charge >= 0.3 is 0 Å². The van der Waals surface area contributed by atoms with E-state index in [-0.39, 0.29) is 24.3 Å². The Morgan fingerprint density at radius 2 is 2.00 bits per heavy atom. The highest BCUT2D eigenvalue weighted by Gasteiger charge is 2.25. The molecule has 0 saturated heterocycles. The Kier molecular flexibility index (Phi) is 4.38. The van der Waals surface area contributed by atoms with Crippen molar-refractivity contribution >= 4 is 24.0 Å². The molecule has 1 aromatic rings. The van der Waals surface area contributed by atoms with Gasteiger partial charge in [0.25, 0.3) is 0 Å². The van der Waals surface area contributed by atoms with E-state index in [1.54, 1.807) is 6.07 Å². The van der Waals surface area contributed by atoms with Crippen LogP contribution in [0.4, 0.5) is 4.39 Å². The molecule has 4 heteroatoms. The summed E-state index contributed by atoms with van der Waals surface area (Å²) in [6, 6.07) is 4.48. The first kappa shape index (κ1) is 12.8. The minimum absolute atomic E-state index is 0. The van der Waals surface area contributed by atoms with Gasteiger partial charge in [-0.15, -0.1) is 12.4 Å². The van der Waals surface area contributed by atoms with E-state index in [2.05, 4.69) is 0 Å². The molecule has 1 nitrogen and oxygen atoms in total. The Balaban J connectivity index is 0.00000112. The highest BCUT2D eigenvalue weighted by atomic mass is 35.5. The lowest BCUT2D eigenvalue weighted by Gasteiger charge is -2.31. The van der Waals surface area contributed by atoms with Gasteiger partial charge in [-0.05, 0) is 42.5 Å². The molecule has 2 N–H and O–H groups in total. The molecule has 0 spiro atoms. The Labute approximate surface area is 100 Å². The fraction of sp³-hybridized carbons (Fsp3) is 0.455. The van der Waals surface area contributed by atoms with E-state index < -0.39 is 0 Å². The van der Waals surface area contributed by atoms with Crippen molar-refractivity contribution in [3.8, 4) is 0 Å². The summed E-state index contributed by atoms with van der Waals surface area (Å²) >= 11 is 5.76. The third-order valence-electron chi connectivity index (χ3n) is 2.93. The minimum Gasteiger partial charge on any atom is -0.324 e. The molecule has 0 aromatic heterocycles. The molecule has 0 radical (unpaired) electrons. The lowest BCUT2D eigenvalue weighted by molar-refractivity contribution is 0.264. The summed E-state index contributed by atoms with van der Waals surface area (Å²) in [5.74, 6) is 0.204. The second-order valence-corrected chi connectivity index (χ2v) is 4.36. The molecule has 84 valence electrons. The first-order valence-corrected chi connectivity index (χ1v) is 5.26. The third kappa shape index (κ3) is 2.83. The second-order valence-electron chi connectivity index (χ2n) is 3.92. The molecule has 1 atom stereocenters. The second kappa shape index (κ2) is 5.15. The number of hydrogen-bond acceptors (Lipinski definition) is 1. The SMILES string of the molecule is Cl.N[C@@H](c1cc(F)cc(Cl)c1)C1CCC1. The highest BCUT2D eigenvalue weighted by molar-refractivity contribution is 6.30. The van der Waals surface area contributed by atoms with E-state index >= 15 is 0 Å². The Morgan fingerprint density at radius 3 is 2.47 bits per heavy atom. The van der Waals surface area contributed by atoms with Crippen LogP contribution in [0.15, 0.2) is 18.2 Å². The van der Waals surface area contributed by atoms with E-state index in [1.807, 2.05) is 0 Å². The van der Waals surface area contributed by atoms with Crippen molar-refractivity contribution in [2.24, 2.45) is 11.7 Å². The predicted molar refractivity (Wildman–Crippen MR) is 62.9 cm³/mol. The van der Waals surface area contributed by atoms with Crippen LogP contribution in [-0.4, -0.2) is 0 Å². The molecule has 2 rings (SSSR count). The lowest BCUT2D eigenvalue weighted by Crippen LogP contribution is -2.26. The summed E-state index contributed by atoms with van der Waals surface area (Å²) in [6.07, 6.45) is 3.53. The average Bonchev–Trinajstić information content (AvgIpc) is 1.98. The zero-order valence-corrected chi connectivity index (χ0v) is 9.82. The lowest BCUT2D eigenvalue weighted by atomic mass is 9.77. The molecule has 1 aliphatic rings. The molecule has 1 aromatic carbocycles. The first-order chi connectivity index (χ1) is 6.66.